The van der Waals surface area contributed by atoms with E-state index in [0.29, 0.717) is 27.9 Å². The topological polar surface area (TPSA) is 46.5 Å². The molecule has 1 aliphatic rings. The van der Waals surface area contributed by atoms with Gasteiger partial charge in [-0.05, 0) is 18.3 Å². The van der Waals surface area contributed by atoms with Gasteiger partial charge in [0.15, 0.2) is 11.6 Å². The molecule has 0 fully saturated rings. The molecule has 3 rings (SSSR count). The Morgan fingerprint density at radius 1 is 0.842 bits per heavy atom. The number of rotatable bonds is 1. The van der Waals surface area contributed by atoms with Gasteiger partial charge in [-0.15, -0.1) is 0 Å². The van der Waals surface area contributed by atoms with Gasteiger partial charge in [-0.25, -0.2) is 0 Å². The highest BCUT2D eigenvalue weighted by Gasteiger charge is 2.31. The van der Waals surface area contributed by atoms with Crippen LogP contribution in [0.4, 0.5) is 5.69 Å². The number of carbonyl (C=O) groups excluding carboxylic acids is 2. The highest BCUT2D eigenvalue weighted by Crippen LogP contribution is 2.32. The van der Waals surface area contributed by atoms with Crippen molar-refractivity contribution < 1.29 is 9.59 Å². The fraction of sp³-hybridized carbons (Fsp3) is 0. The van der Waals surface area contributed by atoms with Crippen molar-refractivity contribution in [3.63, 3.8) is 0 Å². The first-order chi connectivity index (χ1) is 9.24. The van der Waals surface area contributed by atoms with Gasteiger partial charge in [-0.3, -0.25) is 9.59 Å². The Hall–Kier alpha value is -2.42. The monoisotopic (exact) mass is 265 g/mol. The van der Waals surface area contributed by atoms with Crippen molar-refractivity contribution in [1.29, 1.82) is 0 Å². The molecule has 2 aromatic carbocycles. The van der Waals surface area contributed by atoms with Crippen LogP contribution in [0.15, 0.2) is 47.5 Å². The van der Waals surface area contributed by atoms with Crippen molar-refractivity contribution in [3.05, 3.63) is 64.7 Å². The SMILES string of the molecule is O=C1c2ccccc2C(=O)c2c(N=C=S)cccc21. The standard InChI is InChI=1S/C15H7NO2S/c17-14-9-4-1-2-5-10(9)15(18)13-11(14)6-3-7-12(13)16-8-19/h1-7H. The summed E-state index contributed by atoms with van der Waals surface area (Å²) in [5.74, 6) is -0.360. The molecule has 19 heavy (non-hydrogen) atoms. The predicted octanol–water partition coefficient (Wildman–Crippen LogP) is 3.20. The first-order valence-electron chi connectivity index (χ1n) is 5.63. The smallest absolute Gasteiger partial charge is 0.196 e. The summed E-state index contributed by atoms with van der Waals surface area (Å²) in [6.45, 7) is 0. The number of hydrogen-bond donors (Lipinski definition) is 0. The average molecular weight is 265 g/mol. The van der Waals surface area contributed by atoms with Crippen LogP contribution in [0.2, 0.25) is 0 Å². The molecule has 0 radical (unpaired) electrons. The Balaban J connectivity index is 2.36. The highest BCUT2D eigenvalue weighted by atomic mass is 32.1. The van der Waals surface area contributed by atoms with E-state index in [4.69, 9.17) is 0 Å². The summed E-state index contributed by atoms with van der Waals surface area (Å²) in [6, 6.07) is 11.8. The molecule has 90 valence electrons. The summed E-state index contributed by atoms with van der Waals surface area (Å²) in [7, 11) is 0. The van der Waals surface area contributed by atoms with Crippen molar-refractivity contribution in [2.45, 2.75) is 0 Å². The molecule has 0 atom stereocenters. The molecule has 0 bridgehead atoms. The minimum Gasteiger partial charge on any atom is -0.289 e. The fourth-order valence-electron chi connectivity index (χ4n) is 2.27. The third-order valence-electron chi connectivity index (χ3n) is 3.10. The van der Waals surface area contributed by atoms with E-state index in [1.807, 2.05) is 0 Å². The summed E-state index contributed by atoms with van der Waals surface area (Å²) in [4.78, 5) is 28.7. The van der Waals surface area contributed by atoms with Gasteiger partial charge in [0.2, 0.25) is 0 Å². The van der Waals surface area contributed by atoms with Crippen LogP contribution in [0.1, 0.15) is 31.8 Å². The number of fused-ring (bicyclic) bond motifs is 2. The second-order valence-electron chi connectivity index (χ2n) is 4.11. The van der Waals surface area contributed by atoms with Gasteiger partial charge in [-0.2, -0.15) is 4.99 Å². The van der Waals surface area contributed by atoms with Gasteiger partial charge in [0.1, 0.15) is 0 Å². The Morgan fingerprint density at radius 2 is 1.47 bits per heavy atom. The number of thiocarbonyl (C=S) groups is 1. The Morgan fingerprint density at radius 3 is 2.16 bits per heavy atom. The number of nitrogens with zero attached hydrogens (tertiary/aromatic N) is 1. The second-order valence-corrected chi connectivity index (χ2v) is 4.29. The molecule has 0 saturated carbocycles. The molecular weight excluding hydrogens is 258 g/mol. The maximum absolute atomic E-state index is 12.5. The molecule has 2 aromatic rings. The quantitative estimate of drug-likeness (QED) is 0.501. The molecule has 3 nitrogen and oxygen atoms in total. The lowest BCUT2D eigenvalue weighted by Gasteiger charge is -2.17. The van der Waals surface area contributed by atoms with Gasteiger partial charge < -0.3 is 0 Å². The zero-order chi connectivity index (χ0) is 13.4. The van der Waals surface area contributed by atoms with Gasteiger partial charge in [0.25, 0.3) is 0 Å². The molecular formula is C15H7NO2S. The maximum atomic E-state index is 12.5. The van der Waals surface area contributed by atoms with Crippen LogP contribution in [-0.4, -0.2) is 16.7 Å². The first kappa shape index (κ1) is 11.7. The fourth-order valence-corrected chi connectivity index (χ4v) is 2.37. The van der Waals surface area contributed by atoms with E-state index >= 15 is 0 Å². The summed E-state index contributed by atoms with van der Waals surface area (Å²) >= 11 is 4.57. The number of aliphatic imine (C=N–C) groups is 1. The summed E-state index contributed by atoms with van der Waals surface area (Å²) in [5, 5.41) is 2.24. The van der Waals surface area contributed by atoms with Crippen LogP contribution in [0, 0.1) is 0 Å². The lowest BCUT2D eigenvalue weighted by Crippen LogP contribution is -2.20. The maximum Gasteiger partial charge on any atom is 0.196 e. The zero-order valence-corrected chi connectivity index (χ0v) is 10.5. The van der Waals surface area contributed by atoms with Crippen LogP contribution in [0.25, 0.3) is 0 Å². The van der Waals surface area contributed by atoms with E-state index in [0.717, 1.165) is 0 Å². The largest absolute Gasteiger partial charge is 0.289 e. The highest BCUT2D eigenvalue weighted by molar-refractivity contribution is 7.78. The average Bonchev–Trinajstić information content (AvgIpc) is 2.45. The van der Waals surface area contributed by atoms with Crippen LogP contribution in [0.3, 0.4) is 0 Å². The summed E-state index contributed by atoms with van der Waals surface area (Å²) in [5.41, 5.74) is 1.91. The predicted molar refractivity (Wildman–Crippen MR) is 74.4 cm³/mol. The minimum atomic E-state index is -0.199. The van der Waals surface area contributed by atoms with Gasteiger partial charge in [-0.1, -0.05) is 36.4 Å². The van der Waals surface area contributed by atoms with Crippen LogP contribution < -0.4 is 0 Å². The van der Waals surface area contributed by atoms with Crippen molar-refractivity contribution in [3.8, 4) is 0 Å². The van der Waals surface area contributed by atoms with Gasteiger partial charge in [0, 0.05) is 16.7 Å². The Labute approximate surface area is 114 Å². The molecule has 0 aromatic heterocycles. The van der Waals surface area contributed by atoms with Gasteiger partial charge in [0.05, 0.1) is 16.4 Å². The Kier molecular flexibility index (Phi) is 2.67. The third-order valence-corrected chi connectivity index (χ3v) is 3.19. The van der Waals surface area contributed by atoms with E-state index < -0.39 is 0 Å². The van der Waals surface area contributed by atoms with E-state index in [2.05, 4.69) is 22.4 Å². The second kappa shape index (κ2) is 4.35. The number of carbonyl (C=O) groups is 2. The number of ketones is 2. The lowest BCUT2D eigenvalue weighted by molar-refractivity contribution is 0.0979. The zero-order valence-electron chi connectivity index (χ0n) is 9.71. The van der Waals surface area contributed by atoms with E-state index in [1.165, 1.54) is 0 Å². The third kappa shape index (κ3) is 1.66. The molecule has 0 N–H and O–H groups in total. The molecule has 0 aliphatic heterocycles. The number of isothiocyanates is 1. The Bertz CT molecular complexity index is 773. The molecule has 0 saturated heterocycles. The molecule has 1 aliphatic carbocycles. The molecule has 4 heteroatoms. The minimum absolute atomic E-state index is 0.161. The number of benzene rings is 2. The molecule has 0 heterocycles. The van der Waals surface area contributed by atoms with Crippen LogP contribution >= 0.6 is 12.2 Å². The first-order valence-corrected chi connectivity index (χ1v) is 6.04. The van der Waals surface area contributed by atoms with E-state index in [-0.39, 0.29) is 11.6 Å². The van der Waals surface area contributed by atoms with E-state index in [9.17, 15) is 9.59 Å². The van der Waals surface area contributed by atoms with Crippen molar-refractivity contribution in [2.24, 2.45) is 4.99 Å². The van der Waals surface area contributed by atoms with E-state index in [1.54, 1.807) is 42.5 Å². The summed E-state index contributed by atoms with van der Waals surface area (Å²) in [6.07, 6.45) is 0. The summed E-state index contributed by atoms with van der Waals surface area (Å²) < 4.78 is 0. The number of hydrogen-bond acceptors (Lipinski definition) is 4. The van der Waals surface area contributed by atoms with Gasteiger partial charge >= 0.3 is 0 Å². The normalized spacial score (nSPS) is 12.4. The molecule has 0 spiro atoms. The molecule has 0 unspecified atom stereocenters. The van der Waals surface area contributed by atoms with Crippen molar-refractivity contribution in [2.75, 3.05) is 0 Å². The van der Waals surface area contributed by atoms with Crippen molar-refractivity contribution >= 4 is 34.6 Å². The molecule has 0 amide bonds. The lowest BCUT2D eigenvalue weighted by atomic mass is 9.83. The van der Waals surface area contributed by atoms with Crippen molar-refractivity contribution in [1.82, 2.24) is 0 Å². The van der Waals surface area contributed by atoms with Crippen LogP contribution in [-0.2, 0) is 0 Å². The van der Waals surface area contributed by atoms with Crippen LogP contribution in [0.5, 0.6) is 0 Å².